The van der Waals surface area contributed by atoms with Crippen molar-refractivity contribution in [2.24, 2.45) is 23.7 Å². The first-order valence-electron chi connectivity index (χ1n) is 25.9. The van der Waals surface area contributed by atoms with Crippen LogP contribution in [0.3, 0.4) is 0 Å². The van der Waals surface area contributed by atoms with Crippen molar-refractivity contribution in [2.75, 3.05) is 21.3 Å². The van der Waals surface area contributed by atoms with Crippen molar-refractivity contribution in [3.8, 4) is 5.69 Å². The minimum atomic E-state index is -2.01. The maximum Gasteiger partial charge on any atom is 0.311 e. The quantitative estimate of drug-likeness (QED) is 0.165. The average Bonchev–Trinajstić information content (AvgIpc) is 3.81. The van der Waals surface area contributed by atoms with Crippen molar-refractivity contribution in [2.45, 2.75) is 206 Å². The predicted molar refractivity (Wildman–Crippen MR) is 269 cm³/mol. The lowest BCUT2D eigenvalue weighted by Gasteiger charge is -2.50. The first-order valence-corrected chi connectivity index (χ1v) is 25.9. The van der Waals surface area contributed by atoms with Crippen molar-refractivity contribution in [3.05, 3.63) is 76.0 Å². The molecule has 0 amide bonds. The summed E-state index contributed by atoms with van der Waals surface area (Å²) in [7, 11) is 4.89. The van der Waals surface area contributed by atoms with Crippen LogP contribution in [0.2, 0.25) is 0 Å². The van der Waals surface area contributed by atoms with Gasteiger partial charge < -0.3 is 53.6 Å². The number of hydrogen-bond acceptors (Lipinski definition) is 17. The lowest BCUT2D eigenvalue weighted by Crippen LogP contribution is -2.61. The third kappa shape index (κ3) is 13.0. The fraction of sp³-hybridized carbons (Fsp3) is 0.722. The number of benzene rings is 1. The number of methoxy groups -OCH3 is 2. The Labute approximate surface area is 430 Å². The van der Waals surface area contributed by atoms with Gasteiger partial charge in [-0.2, -0.15) is 0 Å². The van der Waals surface area contributed by atoms with Crippen LogP contribution in [-0.2, 0) is 62.3 Å². The number of rotatable bonds is 14. The molecule has 19 heteroatoms. The number of ketones is 1. The Balaban J connectivity index is 1.27. The molecule has 4 N–H and O–H groups in total. The molecule has 1 aromatic carbocycles. The molecule has 3 aliphatic heterocycles. The number of likely N-dealkylation sites (N-methyl/N-ethyl adjacent to an activating group) is 1. The monoisotopic (exact) mass is 1030 g/mol. The molecule has 2 aromatic heterocycles. The zero-order chi connectivity index (χ0) is 53.9. The summed E-state index contributed by atoms with van der Waals surface area (Å²) in [5.74, 6) is -4.78. The Bertz CT molecular complexity index is 2360. The largest absolute Gasteiger partial charge is 0.459 e. The van der Waals surface area contributed by atoms with Gasteiger partial charge >= 0.3 is 5.97 Å². The SMILES string of the molecule is CCC1OC(=O)[C@H](C)[C@H](OC2C[C@@](C)(OC)[C@@H](O)[C@H](C)O2)[C@H](C)[C@@H](OC2O[C@H](C)C[C@H](N(C)Cc3cn(CCc4ccc(-n5cc(C)ccc5=O)cc4)nn3)[C@H]2O)[C@@](C)(OC)C[C@@H](C)C(=O)[C@H](C)[C@@H](O)[C@]1(C)O. The highest BCUT2D eigenvalue weighted by Gasteiger charge is 2.54. The summed E-state index contributed by atoms with van der Waals surface area (Å²) in [6, 6.07) is 10.7. The molecule has 3 aromatic rings. The molecule has 3 saturated heterocycles. The maximum absolute atomic E-state index is 14.5. The lowest BCUT2D eigenvalue weighted by atomic mass is 9.74. The van der Waals surface area contributed by atoms with Crippen LogP contribution < -0.4 is 5.56 Å². The third-order valence-corrected chi connectivity index (χ3v) is 16.1. The first kappa shape index (κ1) is 58.3. The molecular formula is C54H83N5O14. The van der Waals surface area contributed by atoms with E-state index in [2.05, 4.69) is 10.3 Å². The molecule has 73 heavy (non-hydrogen) atoms. The van der Waals surface area contributed by atoms with Crippen molar-refractivity contribution in [3.63, 3.8) is 0 Å². The van der Waals surface area contributed by atoms with Crippen LogP contribution in [0.5, 0.6) is 0 Å². The molecule has 0 spiro atoms. The predicted octanol–water partition coefficient (Wildman–Crippen LogP) is 4.30. The number of esters is 1. The molecule has 3 aliphatic rings. The number of carbonyl (C=O) groups is 2. The number of nitrogens with zero attached hydrogens (tertiary/aromatic N) is 5. The van der Waals surface area contributed by atoms with E-state index in [0.717, 1.165) is 16.8 Å². The number of aliphatic hydroxyl groups is 4. The number of Topliss-reactive ketones (excluding diaryl/α,β-unsaturated/α-hetero) is 1. The van der Waals surface area contributed by atoms with Gasteiger partial charge in [0.05, 0.1) is 53.3 Å². The van der Waals surface area contributed by atoms with Crippen LogP contribution in [-0.4, -0.2) is 162 Å². The van der Waals surface area contributed by atoms with Gasteiger partial charge in [-0.15, -0.1) is 5.10 Å². The molecule has 5 heterocycles. The van der Waals surface area contributed by atoms with Crippen molar-refractivity contribution < 1.29 is 63.2 Å². The minimum absolute atomic E-state index is 0.0572. The van der Waals surface area contributed by atoms with Crippen molar-refractivity contribution in [1.82, 2.24) is 24.5 Å². The van der Waals surface area contributed by atoms with Gasteiger partial charge in [0.2, 0.25) is 0 Å². The Morgan fingerprint density at radius 1 is 0.849 bits per heavy atom. The van der Waals surface area contributed by atoms with E-state index in [1.54, 1.807) is 69.8 Å². The summed E-state index contributed by atoms with van der Waals surface area (Å²) in [5, 5.41) is 55.7. The molecule has 18 atom stereocenters. The van der Waals surface area contributed by atoms with Gasteiger partial charge in [-0.3, -0.25) is 28.5 Å². The summed E-state index contributed by atoms with van der Waals surface area (Å²) in [4.78, 5) is 43.2. The van der Waals surface area contributed by atoms with E-state index in [-0.39, 0.29) is 30.6 Å². The van der Waals surface area contributed by atoms with Gasteiger partial charge in [-0.05, 0) is 104 Å². The molecule has 0 saturated carbocycles. The van der Waals surface area contributed by atoms with Gasteiger partial charge in [0.25, 0.3) is 5.56 Å². The molecule has 3 fully saturated rings. The summed E-state index contributed by atoms with van der Waals surface area (Å²) < 4.78 is 48.2. The summed E-state index contributed by atoms with van der Waals surface area (Å²) in [6.45, 7) is 19.8. The molecule has 0 radical (unpaired) electrons. The number of hydrogen-bond donors (Lipinski definition) is 4. The van der Waals surface area contributed by atoms with Crippen LogP contribution >= 0.6 is 0 Å². The second-order valence-corrected chi connectivity index (χ2v) is 21.9. The van der Waals surface area contributed by atoms with Crippen molar-refractivity contribution in [1.29, 1.82) is 0 Å². The van der Waals surface area contributed by atoms with E-state index in [4.69, 9.17) is 33.2 Å². The van der Waals surface area contributed by atoms with Crippen LogP contribution in [0.15, 0.2) is 53.6 Å². The van der Waals surface area contributed by atoms with Gasteiger partial charge in [0, 0.05) is 81.7 Å². The molecule has 0 aliphatic carbocycles. The molecule has 408 valence electrons. The van der Waals surface area contributed by atoms with Gasteiger partial charge in [0.15, 0.2) is 12.6 Å². The van der Waals surface area contributed by atoms with Gasteiger partial charge in [0.1, 0.15) is 29.7 Å². The van der Waals surface area contributed by atoms with E-state index in [1.165, 1.54) is 21.1 Å². The molecule has 6 rings (SSSR count). The minimum Gasteiger partial charge on any atom is -0.459 e. The highest BCUT2D eigenvalue weighted by Crippen LogP contribution is 2.42. The van der Waals surface area contributed by atoms with E-state index >= 15 is 0 Å². The number of aromatic nitrogens is 4. The fourth-order valence-corrected chi connectivity index (χ4v) is 11.3. The number of aryl methyl sites for hydroxylation is 3. The summed E-state index contributed by atoms with van der Waals surface area (Å²) in [5.41, 5.74) is -0.982. The lowest BCUT2D eigenvalue weighted by molar-refractivity contribution is -0.319. The highest BCUT2D eigenvalue weighted by atomic mass is 16.7. The topological polar surface area (TPSA) is 236 Å². The van der Waals surface area contributed by atoms with E-state index in [0.29, 0.717) is 31.6 Å². The first-order chi connectivity index (χ1) is 34.3. The van der Waals surface area contributed by atoms with Crippen LogP contribution in [0.25, 0.3) is 5.69 Å². The zero-order valence-corrected chi connectivity index (χ0v) is 45.3. The van der Waals surface area contributed by atoms with Gasteiger partial charge in [-0.1, -0.05) is 51.1 Å². The number of ether oxygens (including phenoxy) is 7. The number of aliphatic hydroxyl groups excluding tert-OH is 3. The standard InChI is InChI=1S/C54H83N5O14/c1-15-41-54(11,66)47(63)33(5)44(61)31(3)25-53(10,68-14)49(34(6)46(35(7)50(65)71-41)72-43-26-52(9,67-13)48(64)36(8)70-43)73-51-45(62)40(24-32(4)69-51)57(12)28-38-29-58(56-55-38)23-22-37-17-19-39(20-18-37)59-27-30(2)16-21-42(59)60/h16-21,27,29,31-36,40-41,43,45-49,51,62-64,66H,15,22-26,28H2,1-14H3/t31-,32-,33+,34+,35-,36+,40+,41?,43?,45-,46-,47-,48+,49-,51?,52-,53+,54-/m1/s1. The van der Waals surface area contributed by atoms with E-state index < -0.39 is 114 Å². The summed E-state index contributed by atoms with van der Waals surface area (Å²) >= 11 is 0. The number of cyclic esters (lactones) is 1. The van der Waals surface area contributed by atoms with Crippen LogP contribution in [0, 0.1) is 30.6 Å². The van der Waals surface area contributed by atoms with E-state index in [1.807, 2.05) is 69.4 Å². The Hall–Kier alpha value is -3.99. The number of pyridine rings is 1. The second-order valence-electron chi connectivity index (χ2n) is 21.9. The summed E-state index contributed by atoms with van der Waals surface area (Å²) in [6.07, 6.45) is -5.40. The van der Waals surface area contributed by atoms with Crippen molar-refractivity contribution >= 4 is 11.8 Å². The molecular weight excluding hydrogens is 943 g/mol. The Morgan fingerprint density at radius 2 is 1.52 bits per heavy atom. The third-order valence-electron chi connectivity index (χ3n) is 16.1. The maximum atomic E-state index is 14.5. The number of carbonyl (C=O) groups excluding carboxylic acids is 2. The fourth-order valence-electron chi connectivity index (χ4n) is 11.3. The Kier molecular flexibility index (Phi) is 19.1. The highest BCUT2D eigenvalue weighted by molar-refractivity contribution is 5.83. The Morgan fingerprint density at radius 3 is 2.16 bits per heavy atom. The van der Waals surface area contributed by atoms with Crippen LogP contribution in [0.1, 0.15) is 112 Å². The van der Waals surface area contributed by atoms with Gasteiger partial charge in [-0.25, -0.2) is 0 Å². The molecule has 3 unspecified atom stereocenters. The average molecular weight is 1030 g/mol. The molecule has 0 bridgehead atoms. The van der Waals surface area contributed by atoms with E-state index in [9.17, 15) is 34.8 Å². The molecule has 19 nitrogen and oxygen atoms in total. The second kappa shape index (κ2) is 23.9. The zero-order valence-electron chi connectivity index (χ0n) is 45.3. The smallest absolute Gasteiger partial charge is 0.311 e. The van der Waals surface area contributed by atoms with Crippen LogP contribution in [0.4, 0.5) is 0 Å². The normalized spacial score (nSPS) is 38.3.